The van der Waals surface area contributed by atoms with Crippen LogP contribution in [0.2, 0.25) is 0 Å². The summed E-state index contributed by atoms with van der Waals surface area (Å²) < 4.78 is 0. The topological polar surface area (TPSA) is 0 Å². The summed E-state index contributed by atoms with van der Waals surface area (Å²) in [6.45, 7) is 2.27. The van der Waals surface area contributed by atoms with Crippen molar-refractivity contribution in [3.8, 4) is 0 Å². The Bertz CT molecular complexity index is 927. The van der Waals surface area contributed by atoms with Gasteiger partial charge in [0.25, 0.3) is 0 Å². The van der Waals surface area contributed by atoms with E-state index in [0.29, 0.717) is 0 Å². The Hall–Kier alpha value is -3.06. The van der Waals surface area contributed by atoms with Gasteiger partial charge in [-0.05, 0) is 12.8 Å². The Morgan fingerprint density at radius 1 is 0.517 bits per heavy atom. The maximum atomic E-state index is 2.36. The molecule has 0 aliphatic rings. The van der Waals surface area contributed by atoms with E-state index in [4.69, 9.17) is 0 Å². The fourth-order valence-corrected chi connectivity index (χ4v) is 4.89. The molecule has 0 bridgehead atoms. The van der Waals surface area contributed by atoms with E-state index >= 15 is 0 Å². The summed E-state index contributed by atoms with van der Waals surface area (Å²) in [5, 5.41) is 0. The lowest BCUT2D eigenvalue weighted by atomic mass is 9.12. The highest BCUT2D eigenvalue weighted by Crippen LogP contribution is 2.13. The van der Waals surface area contributed by atoms with E-state index in [9.17, 15) is 0 Å². The zero-order valence-electron chi connectivity index (χ0n) is 17.2. The van der Waals surface area contributed by atoms with Crippen LogP contribution >= 0.6 is 0 Å². The third-order valence-electron chi connectivity index (χ3n) is 6.22. The first-order chi connectivity index (χ1) is 14.4. The number of hydrogen-bond donors (Lipinski definition) is 0. The summed E-state index contributed by atoms with van der Waals surface area (Å²) in [4.78, 5) is 0. The van der Waals surface area contributed by atoms with Crippen molar-refractivity contribution in [2.75, 3.05) is 0 Å². The first-order valence-electron chi connectivity index (χ1n) is 10.8. The molecule has 0 radical (unpaired) electrons. The number of hydrogen-bond acceptors (Lipinski definition) is 0. The highest BCUT2D eigenvalue weighted by Gasteiger charge is 2.32. The molecule has 0 spiro atoms. The largest absolute Gasteiger partial charge is 0.195 e. The Balaban J connectivity index is 2.10. The van der Waals surface area contributed by atoms with Crippen LogP contribution in [-0.2, 0) is 6.42 Å². The van der Waals surface area contributed by atoms with Gasteiger partial charge in [-0.2, -0.15) is 21.9 Å². The summed E-state index contributed by atoms with van der Waals surface area (Å²) in [6, 6.07) is 42.3. The van der Waals surface area contributed by atoms with Gasteiger partial charge < -0.3 is 0 Å². The SMILES string of the molecule is CCCCc1ccccc1[B-](c1ccccc1)(c1ccccc1)c1ccccc1. The quantitative estimate of drug-likeness (QED) is 0.420. The fourth-order valence-electron chi connectivity index (χ4n) is 4.89. The van der Waals surface area contributed by atoms with Crippen molar-refractivity contribution in [1.29, 1.82) is 0 Å². The molecule has 4 aromatic carbocycles. The molecule has 0 saturated heterocycles. The molecular weight excluding hydrogens is 347 g/mol. The molecule has 0 atom stereocenters. The Kier molecular flexibility index (Phi) is 5.96. The lowest BCUT2D eigenvalue weighted by Crippen LogP contribution is -2.75. The van der Waals surface area contributed by atoms with E-state index < -0.39 is 6.15 Å². The second-order valence-corrected chi connectivity index (χ2v) is 7.90. The third kappa shape index (κ3) is 3.65. The summed E-state index contributed by atoms with van der Waals surface area (Å²) in [5.41, 5.74) is 7.02. The fraction of sp³-hybridized carbons (Fsp3) is 0.143. The van der Waals surface area contributed by atoms with Crippen molar-refractivity contribution in [3.05, 3.63) is 121 Å². The van der Waals surface area contributed by atoms with Crippen molar-refractivity contribution in [3.63, 3.8) is 0 Å². The van der Waals surface area contributed by atoms with Crippen LogP contribution in [-0.4, -0.2) is 6.15 Å². The molecule has 0 N–H and O–H groups in total. The third-order valence-corrected chi connectivity index (χ3v) is 6.22. The molecule has 0 aromatic heterocycles. The van der Waals surface area contributed by atoms with Crippen LogP contribution in [0.3, 0.4) is 0 Å². The van der Waals surface area contributed by atoms with E-state index in [2.05, 4.69) is 122 Å². The summed E-state index contributed by atoms with van der Waals surface area (Å²) in [5.74, 6) is 0. The van der Waals surface area contributed by atoms with Crippen LogP contribution in [0, 0.1) is 0 Å². The van der Waals surface area contributed by atoms with E-state index in [-0.39, 0.29) is 0 Å². The van der Waals surface area contributed by atoms with Crippen LogP contribution in [0.5, 0.6) is 0 Å². The average molecular weight is 375 g/mol. The van der Waals surface area contributed by atoms with Crippen molar-refractivity contribution in [2.24, 2.45) is 0 Å². The number of benzene rings is 4. The van der Waals surface area contributed by atoms with Gasteiger partial charge >= 0.3 is 0 Å². The maximum Gasteiger partial charge on any atom is 0.108 e. The molecule has 0 aliphatic heterocycles. The van der Waals surface area contributed by atoms with E-state index in [1.165, 1.54) is 40.3 Å². The molecule has 0 heterocycles. The molecule has 0 fully saturated rings. The van der Waals surface area contributed by atoms with Gasteiger partial charge in [0.2, 0.25) is 0 Å². The molecule has 0 nitrogen and oxygen atoms in total. The standard InChI is InChI=1S/C28H28B/c1-2-3-15-24-16-13-14-23-28(24)29(25-17-7-4-8-18-25,26-19-9-5-10-20-26)27-21-11-6-12-22-27/h4-14,16-23H,2-3,15H2,1H3/q-1. The van der Waals surface area contributed by atoms with Crippen molar-refractivity contribution in [1.82, 2.24) is 0 Å². The minimum Gasteiger partial charge on any atom is -0.195 e. The molecule has 0 unspecified atom stereocenters. The van der Waals surface area contributed by atoms with Gasteiger partial charge in [-0.15, -0.1) is 0 Å². The van der Waals surface area contributed by atoms with Gasteiger partial charge in [0.1, 0.15) is 6.15 Å². The molecule has 1 heteroatoms. The first kappa shape index (κ1) is 19.3. The Labute approximate surface area is 175 Å². The van der Waals surface area contributed by atoms with Gasteiger partial charge in [0.05, 0.1) is 0 Å². The minimum absolute atomic E-state index is 1.11. The molecule has 144 valence electrons. The lowest BCUT2D eigenvalue weighted by Gasteiger charge is -2.45. The van der Waals surface area contributed by atoms with Gasteiger partial charge in [-0.3, -0.25) is 0 Å². The number of rotatable bonds is 7. The van der Waals surface area contributed by atoms with Crippen molar-refractivity contribution >= 4 is 28.0 Å². The summed E-state index contributed by atoms with van der Waals surface area (Å²) in [6.07, 6.45) is 2.26. The van der Waals surface area contributed by atoms with Crippen LogP contribution < -0.4 is 21.9 Å². The van der Waals surface area contributed by atoms with Crippen LogP contribution in [0.15, 0.2) is 115 Å². The molecule has 0 aliphatic carbocycles. The maximum absolute atomic E-state index is 2.36. The normalized spacial score (nSPS) is 11.3. The second-order valence-electron chi connectivity index (χ2n) is 7.90. The van der Waals surface area contributed by atoms with Crippen LogP contribution in [0.25, 0.3) is 0 Å². The first-order valence-corrected chi connectivity index (χ1v) is 10.8. The Morgan fingerprint density at radius 3 is 1.38 bits per heavy atom. The zero-order chi connectivity index (χ0) is 19.9. The van der Waals surface area contributed by atoms with Gasteiger partial charge in [-0.1, -0.05) is 134 Å². The number of aryl methyl sites for hydroxylation is 1. The molecule has 0 amide bonds. The van der Waals surface area contributed by atoms with Crippen LogP contribution in [0.4, 0.5) is 0 Å². The molecule has 4 rings (SSSR count). The summed E-state index contributed by atoms with van der Waals surface area (Å²) >= 11 is 0. The highest BCUT2D eigenvalue weighted by atomic mass is 14.1. The monoisotopic (exact) mass is 375 g/mol. The zero-order valence-corrected chi connectivity index (χ0v) is 17.2. The second kappa shape index (κ2) is 8.96. The van der Waals surface area contributed by atoms with E-state index in [1.807, 2.05) is 0 Å². The van der Waals surface area contributed by atoms with Crippen LogP contribution in [0.1, 0.15) is 25.3 Å². The smallest absolute Gasteiger partial charge is 0.108 e. The minimum atomic E-state index is -1.26. The average Bonchev–Trinajstić information content (AvgIpc) is 2.81. The van der Waals surface area contributed by atoms with Gasteiger partial charge in [0.15, 0.2) is 0 Å². The van der Waals surface area contributed by atoms with E-state index in [0.717, 1.165) is 6.42 Å². The molecule has 4 aromatic rings. The summed E-state index contributed by atoms with van der Waals surface area (Å²) in [7, 11) is 0. The predicted molar refractivity (Wildman–Crippen MR) is 129 cm³/mol. The molecule has 29 heavy (non-hydrogen) atoms. The molecule has 0 saturated carbocycles. The van der Waals surface area contributed by atoms with Gasteiger partial charge in [-0.25, -0.2) is 0 Å². The van der Waals surface area contributed by atoms with Gasteiger partial charge in [0, 0.05) is 0 Å². The lowest BCUT2D eigenvalue weighted by molar-refractivity contribution is 0.797. The highest BCUT2D eigenvalue weighted by molar-refractivity contribution is 7.20. The van der Waals surface area contributed by atoms with Crippen molar-refractivity contribution < 1.29 is 0 Å². The van der Waals surface area contributed by atoms with Crippen molar-refractivity contribution in [2.45, 2.75) is 26.2 Å². The number of unbranched alkanes of at least 4 members (excludes halogenated alkanes) is 1. The predicted octanol–water partition coefficient (Wildman–Crippen LogP) is 4.41. The molecular formula is C28H28B-. The Morgan fingerprint density at radius 2 is 0.931 bits per heavy atom. The van der Waals surface area contributed by atoms with E-state index in [1.54, 1.807) is 0 Å².